The average Bonchev–Trinajstić information content (AvgIpc) is 2.38. The molecule has 1 nitrogen and oxygen atoms in total. The second kappa shape index (κ2) is 6.95. The molecule has 0 aliphatic rings. The van der Waals surface area contributed by atoms with Crippen LogP contribution in [0.15, 0.2) is 46.9 Å². The second-order valence-electron chi connectivity index (χ2n) is 4.64. The van der Waals surface area contributed by atoms with E-state index in [1.54, 1.807) is 6.07 Å². The topological polar surface area (TPSA) is 12.0 Å². The Bertz CT molecular complexity index is 566. The van der Waals surface area contributed by atoms with Gasteiger partial charge in [-0.2, -0.15) is 0 Å². The maximum atomic E-state index is 13.6. The lowest BCUT2D eigenvalue weighted by Gasteiger charge is -2.20. The molecule has 0 aliphatic heterocycles. The second-order valence-corrected chi connectivity index (χ2v) is 5.56. The largest absolute Gasteiger partial charge is 0.306 e. The van der Waals surface area contributed by atoms with Crippen molar-refractivity contribution in [3.8, 4) is 0 Å². The predicted molar refractivity (Wildman–Crippen MR) is 80.6 cm³/mol. The lowest BCUT2D eigenvalue weighted by atomic mass is 9.98. The van der Waals surface area contributed by atoms with E-state index in [2.05, 4.69) is 28.2 Å². The van der Waals surface area contributed by atoms with Crippen LogP contribution in [0.4, 0.5) is 8.78 Å². The molecule has 4 heteroatoms. The Hall–Kier alpha value is -1.26. The van der Waals surface area contributed by atoms with Crippen LogP contribution in [0.25, 0.3) is 0 Å². The van der Waals surface area contributed by atoms with E-state index in [0.29, 0.717) is 4.47 Å². The molecule has 0 aromatic heterocycles. The van der Waals surface area contributed by atoms with E-state index in [0.717, 1.165) is 24.1 Å². The minimum atomic E-state index is -0.311. The molecule has 0 radical (unpaired) electrons. The van der Waals surface area contributed by atoms with Crippen LogP contribution in [0.1, 0.15) is 30.5 Å². The van der Waals surface area contributed by atoms with E-state index in [1.807, 2.05) is 12.1 Å². The van der Waals surface area contributed by atoms with Crippen LogP contribution in [0.3, 0.4) is 0 Å². The van der Waals surface area contributed by atoms with Gasteiger partial charge in [-0.25, -0.2) is 8.78 Å². The molecule has 1 unspecified atom stereocenters. The fraction of sp³-hybridized carbons (Fsp3) is 0.250. The van der Waals surface area contributed by atoms with Gasteiger partial charge in [-0.05, 0) is 54.4 Å². The molecule has 0 spiro atoms. The monoisotopic (exact) mass is 339 g/mol. The molecule has 1 atom stereocenters. The summed E-state index contributed by atoms with van der Waals surface area (Å²) in [7, 11) is 0. The number of halogens is 3. The third-order valence-electron chi connectivity index (χ3n) is 3.00. The first-order valence-electron chi connectivity index (χ1n) is 6.55. The Kier molecular flexibility index (Phi) is 5.26. The molecular formula is C16H16BrF2N. The van der Waals surface area contributed by atoms with Crippen molar-refractivity contribution < 1.29 is 8.78 Å². The maximum Gasteiger partial charge on any atom is 0.124 e. The molecule has 106 valence electrons. The molecule has 2 aromatic carbocycles. The summed E-state index contributed by atoms with van der Waals surface area (Å²) in [6, 6.07) is 10.9. The van der Waals surface area contributed by atoms with E-state index >= 15 is 0 Å². The Morgan fingerprint density at radius 3 is 2.45 bits per heavy atom. The lowest BCUT2D eigenvalue weighted by molar-refractivity contribution is 0.576. The Balaban J connectivity index is 2.41. The summed E-state index contributed by atoms with van der Waals surface area (Å²) in [5, 5.41) is 3.33. The molecule has 0 saturated carbocycles. The van der Waals surface area contributed by atoms with Crippen LogP contribution < -0.4 is 5.32 Å². The maximum absolute atomic E-state index is 13.6. The molecule has 0 saturated heterocycles. The minimum Gasteiger partial charge on any atom is -0.306 e. The third kappa shape index (κ3) is 3.87. The van der Waals surface area contributed by atoms with Gasteiger partial charge in [-0.15, -0.1) is 0 Å². The van der Waals surface area contributed by atoms with Gasteiger partial charge in [0.25, 0.3) is 0 Å². The summed E-state index contributed by atoms with van der Waals surface area (Å²) in [4.78, 5) is 0. The quantitative estimate of drug-likeness (QED) is 0.823. The van der Waals surface area contributed by atoms with Crippen LogP contribution in [0.5, 0.6) is 0 Å². The van der Waals surface area contributed by atoms with Gasteiger partial charge in [0, 0.05) is 4.47 Å². The normalized spacial score (nSPS) is 12.4. The highest BCUT2D eigenvalue weighted by atomic mass is 79.9. The highest BCUT2D eigenvalue weighted by Gasteiger charge is 2.15. The van der Waals surface area contributed by atoms with Gasteiger partial charge in [0.15, 0.2) is 0 Å². The zero-order chi connectivity index (χ0) is 14.5. The molecule has 2 rings (SSSR count). The molecule has 0 amide bonds. The van der Waals surface area contributed by atoms with Gasteiger partial charge < -0.3 is 5.32 Å². The van der Waals surface area contributed by atoms with E-state index < -0.39 is 0 Å². The minimum absolute atomic E-state index is 0.224. The molecule has 0 aliphatic carbocycles. The number of nitrogens with one attached hydrogen (secondary N) is 1. The van der Waals surface area contributed by atoms with Crippen molar-refractivity contribution in [2.75, 3.05) is 6.54 Å². The summed E-state index contributed by atoms with van der Waals surface area (Å²) in [5.74, 6) is -0.602. The highest BCUT2D eigenvalue weighted by molar-refractivity contribution is 9.10. The lowest BCUT2D eigenvalue weighted by Crippen LogP contribution is -2.23. The average molecular weight is 340 g/mol. The van der Waals surface area contributed by atoms with Crippen molar-refractivity contribution in [3.63, 3.8) is 0 Å². The molecule has 0 fully saturated rings. The molecule has 2 aromatic rings. The van der Waals surface area contributed by atoms with Gasteiger partial charge >= 0.3 is 0 Å². The van der Waals surface area contributed by atoms with Gasteiger partial charge in [0.1, 0.15) is 11.6 Å². The van der Waals surface area contributed by atoms with Crippen LogP contribution in [0.2, 0.25) is 0 Å². The van der Waals surface area contributed by atoms with Gasteiger partial charge in [0.05, 0.1) is 6.04 Å². The molecule has 20 heavy (non-hydrogen) atoms. The summed E-state index contributed by atoms with van der Waals surface area (Å²) in [5.41, 5.74) is 1.56. The summed E-state index contributed by atoms with van der Waals surface area (Å²) < 4.78 is 27.7. The van der Waals surface area contributed by atoms with Crippen molar-refractivity contribution in [2.24, 2.45) is 0 Å². The first-order chi connectivity index (χ1) is 9.60. The molecular weight excluding hydrogens is 324 g/mol. The fourth-order valence-corrected chi connectivity index (χ4v) is 2.63. The van der Waals surface area contributed by atoms with Crippen molar-refractivity contribution in [1.29, 1.82) is 0 Å². The number of rotatable bonds is 5. The smallest absolute Gasteiger partial charge is 0.124 e. The zero-order valence-electron chi connectivity index (χ0n) is 11.2. The van der Waals surface area contributed by atoms with Gasteiger partial charge in [0.2, 0.25) is 0 Å². The predicted octanol–water partition coefficient (Wildman–Crippen LogP) is 4.82. The van der Waals surface area contributed by atoms with Crippen molar-refractivity contribution in [3.05, 3.63) is 69.7 Å². The van der Waals surface area contributed by atoms with Crippen LogP contribution in [0, 0.1) is 11.6 Å². The number of benzene rings is 2. The van der Waals surface area contributed by atoms with E-state index in [-0.39, 0.29) is 17.7 Å². The third-order valence-corrected chi connectivity index (χ3v) is 3.46. The molecule has 0 bridgehead atoms. The Morgan fingerprint density at radius 2 is 1.80 bits per heavy atom. The van der Waals surface area contributed by atoms with Crippen LogP contribution in [-0.2, 0) is 0 Å². The Labute approximate surface area is 126 Å². The first kappa shape index (κ1) is 15.1. The van der Waals surface area contributed by atoms with Crippen molar-refractivity contribution in [2.45, 2.75) is 19.4 Å². The van der Waals surface area contributed by atoms with Crippen molar-refractivity contribution >= 4 is 15.9 Å². The fourth-order valence-electron chi connectivity index (χ4n) is 2.14. The number of hydrogen-bond donors (Lipinski definition) is 1. The SMILES string of the molecule is CCCNC(c1cccc(F)c1)c1cc(F)cc(Br)c1. The first-order valence-corrected chi connectivity index (χ1v) is 7.34. The summed E-state index contributed by atoms with van der Waals surface area (Å²) >= 11 is 3.29. The van der Waals surface area contributed by atoms with Gasteiger partial charge in [-0.3, -0.25) is 0 Å². The van der Waals surface area contributed by atoms with E-state index in [4.69, 9.17) is 0 Å². The zero-order valence-corrected chi connectivity index (χ0v) is 12.8. The standard InChI is InChI=1S/C16H16BrF2N/c1-2-6-20-16(11-4-3-5-14(18)8-11)12-7-13(17)10-15(19)9-12/h3-5,7-10,16,20H,2,6H2,1H3. The van der Waals surface area contributed by atoms with E-state index in [1.165, 1.54) is 24.3 Å². The number of hydrogen-bond acceptors (Lipinski definition) is 1. The van der Waals surface area contributed by atoms with Crippen molar-refractivity contribution in [1.82, 2.24) is 5.32 Å². The highest BCUT2D eigenvalue weighted by Crippen LogP contribution is 2.26. The van der Waals surface area contributed by atoms with E-state index in [9.17, 15) is 8.78 Å². The molecule has 0 heterocycles. The summed E-state index contributed by atoms with van der Waals surface area (Å²) in [6.07, 6.45) is 0.947. The Morgan fingerprint density at radius 1 is 1.05 bits per heavy atom. The van der Waals surface area contributed by atoms with Gasteiger partial charge in [-0.1, -0.05) is 35.0 Å². The van der Waals surface area contributed by atoms with Crippen LogP contribution >= 0.6 is 15.9 Å². The molecule has 1 N–H and O–H groups in total. The summed E-state index contributed by atoms with van der Waals surface area (Å²) in [6.45, 7) is 2.83. The van der Waals surface area contributed by atoms with Crippen LogP contribution in [-0.4, -0.2) is 6.54 Å².